The predicted octanol–water partition coefficient (Wildman–Crippen LogP) is 0.683. The summed E-state index contributed by atoms with van der Waals surface area (Å²) in [5.41, 5.74) is 6.51. The lowest BCUT2D eigenvalue weighted by molar-refractivity contribution is -0.0118. The first kappa shape index (κ1) is 12.8. The quantitative estimate of drug-likeness (QED) is 0.406. The fourth-order valence-corrected chi connectivity index (χ4v) is 0.945. The van der Waals surface area contributed by atoms with Gasteiger partial charge in [-0.25, -0.2) is 10.9 Å². The number of nitrogens with one attached hydrogen (secondary N) is 3. The summed E-state index contributed by atoms with van der Waals surface area (Å²) >= 11 is 0. The van der Waals surface area contributed by atoms with E-state index < -0.39 is 0 Å². The van der Waals surface area contributed by atoms with E-state index in [2.05, 4.69) is 43.9 Å². The SMILES string of the molecule is CCCNN(NCC)C(C)(C)NC. The molecule has 0 aromatic carbocycles. The highest BCUT2D eigenvalue weighted by Gasteiger charge is 2.23. The molecule has 0 heterocycles. The van der Waals surface area contributed by atoms with Crippen LogP contribution >= 0.6 is 0 Å². The van der Waals surface area contributed by atoms with Gasteiger partial charge in [0.05, 0.1) is 5.66 Å². The third-order valence-corrected chi connectivity index (χ3v) is 2.01. The van der Waals surface area contributed by atoms with Crippen LogP contribution in [0.2, 0.25) is 0 Å². The Hall–Kier alpha value is -0.160. The summed E-state index contributed by atoms with van der Waals surface area (Å²) < 4.78 is 0. The van der Waals surface area contributed by atoms with Crippen LogP contribution in [0.3, 0.4) is 0 Å². The molecule has 0 aromatic rings. The van der Waals surface area contributed by atoms with Gasteiger partial charge < -0.3 is 5.32 Å². The van der Waals surface area contributed by atoms with Gasteiger partial charge in [0, 0.05) is 13.1 Å². The fraction of sp³-hybridized carbons (Fsp3) is 1.00. The zero-order chi connectivity index (χ0) is 10.3. The minimum absolute atomic E-state index is 0.0782. The van der Waals surface area contributed by atoms with Gasteiger partial charge in [0.1, 0.15) is 0 Å². The summed E-state index contributed by atoms with van der Waals surface area (Å²) in [7, 11) is 1.96. The monoisotopic (exact) mass is 188 g/mol. The van der Waals surface area contributed by atoms with Gasteiger partial charge in [-0.1, -0.05) is 13.8 Å². The molecule has 13 heavy (non-hydrogen) atoms. The number of hydrazine groups is 2. The lowest BCUT2D eigenvalue weighted by atomic mass is 10.2. The van der Waals surface area contributed by atoms with Crippen LogP contribution in [0.5, 0.6) is 0 Å². The molecule has 0 atom stereocenters. The van der Waals surface area contributed by atoms with E-state index >= 15 is 0 Å². The molecule has 4 heteroatoms. The molecule has 0 aliphatic heterocycles. The molecule has 0 saturated carbocycles. The second kappa shape index (κ2) is 6.32. The molecular weight excluding hydrogens is 164 g/mol. The number of rotatable bonds is 7. The van der Waals surface area contributed by atoms with Crippen molar-refractivity contribution in [3.8, 4) is 0 Å². The van der Waals surface area contributed by atoms with Gasteiger partial charge in [0.15, 0.2) is 0 Å². The number of hydrogen-bond donors (Lipinski definition) is 3. The van der Waals surface area contributed by atoms with Crippen molar-refractivity contribution < 1.29 is 0 Å². The van der Waals surface area contributed by atoms with Crippen molar-refractivity contribution in [3.63, 3.8) is 0 Å². The van der Waals surface area contributed by atoms with E-state index in [4.69, 9.17) is 0 Å². The van der Waals surface area contributed by atoms with Crippen molar-refractivity contribution in [3.05, 3.63) is 0 Å². The summed E-state index contributed by atoms with van der Waals surface area (Å²) in [5, 5.41) is 5.26. The van der Waals surface area contributed by atoms with E-state index in [1.165, 1.54) is 0 Å². The van der Waals surface area contributed by atoms with E-state index in [0.29, 0.717) is 0 Å². The van der Waals surface area contributed by atoms with Crippen LogP contribution in [0.25, 0.3) is 0 Å². The topological polar surface area (TPSA) is 39.3 Å². The maximum absolute atomic E-state index is 3.32. The standard InChI is InChI=1S/C9H24N4/c1-6-8-12-13(11-7-2)9(3,4)10-5/h10-12H,6-8H2,1-5H3. The Balaban J connectivity index is 4.05. The molecule has 0 amide bonds. The van der Waals surface area contributed by atoms with Gasteiger partial charge in [-0.2, -0.15) is 5.12 Å². The van der Waals surface area contributed by atoms with Gasteiger partial charge in [0.2, 0.25) is 0 Å². The Morgan fingerprint density at radius 2 is 1.77 bits per heavy atom. The smallest absolute Gasteiger partial charge is 0.0941 e. The van der Waals surface area contributed by atoms with Crippen molar-refractivity contribution >= 4 is 0 Å². The minimum Gasteiger partial charge on any atom is -0.300 e. The second-order valence-electron chi connectivity index (χ2n) is 3.56. The second-order valence-corrected chi connectivity index (χ2v) is 3.56. The predicted molar refractivity (Wildman–Crippen MR) is 56.9 cm³/mol. The average Bonchev–Trinajstić information content (AvgIpc) is 2.12. The normalized spacial score (nSPS) is 12.5. The van der Waals surface area contributed by atoms with Crippen LogP contribution in [0, 0.1) is 0 Å². The summed E-state index contributed by atoms with van der Waals surface area (Å²) in [6, 6.07) is 0. The molecule has 0 spiro atoms. The molecular formula is C9H24N4. The minimum atomic E-state index is -0.0782. The third-order valence-electron chi connectivity index (χ3n) is 2.01. The van der Waals surface area contributed by atoms with E-state index in [-0.39, 0.29) is 5.66 Å². The summed E-state index contributed by atoms with van der Waals surface area (Å²) in [4.78, 5) is 0. The molecule has 3 N–H and O–H groups in total. The van der Waals surface area contributed by atoms with Gasteiger partial charge in [-0.05, 0) is 27.3 Å². The maximum Gasteiger partial charge on any atom is 0.0941 e. The highest BCUT2D eigenvalue weighted by atomic mass is 15.8. The van der Waals surface area contributed by atoms with Gasteiger partial charge in [0.25, 0.3) is 0 Å². The molecule has 4 nitrogen and oxygen atoms in total. The van der Waals surface area contributed by atoms with Crippen molar-refractivity contribution in [2.45, 2.75) is 39.8 Å². The Morgan fingerprint density at radius 3 is 2.15 bits per heavy atom. The molecule has 0 rings (SSSR count). The molecule has 0 fully saturated rings. The van der Waals surface area contributed by atoms with Crippen molar-refractivity contribution in [1.82, 2.24) is 21.3 Å². The number of hydrogen-bond acceptors (Lipinski definition) is 4. The van der Waals surface area contributed by atoms with Crippen LogP contribution in [0.15, 0.2) is 0 Å². The lowest BCUT2D eigenvalue weighted by Gasteiger charge is -2.38. The third kappa shape index (κ3) is 4.57. The lowest BCUT2D eigenvalue weighted by Crippen LogP contribution is -2.64. The van der Waals surface area contributed by atoms with Crippen LogP contribution in [0.4, 0.5) is 0 Å². The Kier molecular flexibility index (Phi) is 6.24. The Labute approximate surface area is 82.0 Å². The Bertz CT molecular complexity index is 125. The summed E-state index contributed by atoms with van der Waals surface area (Å²) in [6.07, 6.45) is 1.13. The van der Waals surface area contributed by atoms with E-state index in [9.17, 15) is 0 Å². The molecule has 80 valence electrons. The zero-order valence-electron chi connectivity index (χ0n) is 9.57. The first-order chi connectivity index (χ1) is 6.08. The fourth-order valence-electron chi connectivity index (χ4n) is 0.945. The van der Waals surface area contributed by atoms with E-state index in [1.54, 1.807) is 0 Å². The molecule has 0 radical (unpaired) electrons. The van der Waals surface area contributed by atoms with Gasteiger partial charge in [-0.3, -0.25) is 0 Å². The van der Waals surface area contributed by atoms with E-state index in [0.717, 1.165) is 19.5 Å². The van der Waals surface area contributed by atoms with Crippen LogP contribution in [0.1, 0.15) is 34.1 Å². The van der Waals surface area contributed by atoms with Crippen LogP contribution < -0.4 is 16.2 Å². The molecule has 0 aliphatic carbocycles. The number of nitrogens with zero attached hydrogens (tertiary/aromatic N) is 1. The largest absolute Gasteiger partial charge is 0.300 e. The van der Waals surface area contributed by atoms with Crippen molar-refractivity contribution in [2.75, 3.05) is 20.1 Å². The summed E-state index contributed by atoms with van der Waals surface area (Å²) in [6.45, 7) is 10.4. The van der Waals surface area contributed by atoms with Crippen molar-refractivity contribution in [1.29, 1.82) is 0 Å². The van der Waals surface area contributed by atoms with Gasteiger partial charge >= 0.3 is 0 Å². The van der Waals surface area contributed by atoms with E-state index in [1.807, 2.05) is 12.2 Å². The molecule has 0 aromatic heterocycles. The molecule has 0 aliphatic rings. The highest BCUT2D eigenvalue weighted by Crippen LogP contribution is 2.03. The van der Waals surface area contributed by atoms with Crippen molar-refractivity contribution in [2.24, 2.45) is 0 Å². The average molecular weight is 188 g/mol. The summed E-state index contributed by atoms with van der Waals surface area (Å²) in [5.74, 6) is 0. The first-order valence-corrected chi connectivity index (χ1v) is 5.04. The molecule has 0 bridgehead atoms. The maximum atomic E-state index is 3.32. The van der Waals surface area contributed by atoms with Gasteiger partial charge in [-0.15, -0.1) is 0 Å². The zero-order valence-corrected chi connectivity index (χ0v) is 9.57. The van der Waals surface area contributed by atoms with Crippen LogP contribution in [-0.4, -0.2) is 30.9 Å². The molecule has 0 saturated heterocycles. The van der Waals surface area contributed by atoms with Crippen LogP contribution in [-0.2, 0) is 0 Å². The highest BCUT2D eigenvalue weighted by molar-refractivity contribution is 4.71. The Morgan fingerprint density at radius 1 is 1.15 bits per heavy atom. The first-order valence-electron chi connectivity index (χ1n) is 5.04. The molecule has 0 unspecified atom stereocenters.